The zero-order valence-electron chi connectivity index (χ0n) is 11.0. The van der Waals surface area contributed by atoms with Crippen molar-refractivity contribution in [3.05, 3.63) is 29.3 Å². The predicted molar refractivity (Wildman–Crippen MR) is 74.0 cm³/mol. The average molecular weight is 274 g/mol. The highest BCUT2D eigenvalue weighted by Crippen LogP contribution is 2.21. The van der Waals surface area contributed by atoms with Crippen molar-refractivity contribution in [2.75, 3.05) is 20.3 Å². The Bertz CT molecular complexity index is 382. The molecule has 1 aromatic carbocycles. The van der Waals surface area contributed by atoms with Crippen molar-refractivity contribution >= 4 is 18.3 Å². The number of rotatable bonds is 6. The van der Waals surface area contributed by atoms with Gasteiger partial charge in [-0.3, -0.25) is 5.41 Å². The predicted octanol–water partition coefficient (Wildman–Crippen LogP) is 3.02. The van der Waals surface area contributed by atoms with Gasteiger partial charge in [-0.15, -0.1) is 12.4 Å². The molecule has 0 unspecified atom stereocenters. The van der Waals surface area contributed by atoms with Crippen molar-refractivity contribution in [1.29, 1.82) is 5.41 Å². The van der Waals surface area contributed by atoms with E-state index in [9.17, 15) is 0 Å². The average Bonchev–Trinajstić information content (AvgIpc) is 2.36. The third-order valence-corrected chi connectivity index (χ3v) is 2.27. The number of hydrogen-bond donors (Lipinski definition) is 1. The number of benzene rings is 1. The van der Waals surface area contributed by atoms with Gasteiger partial charge in [-0.05, 0) is 31.5 Å². The highest BCUT2D eigenvalue weighted by atomic mass is 35.5. The Kier molecular flexibility index (Phi) is 8.16. The summed E-state index contributed by atoms with van der Waals surface area (Å²) >= 11 is 0. The summed E-state index contributed by atoms with van der Waals surface area (Å²) in [4.78, 5) is 0. The van der Waals surface area contributed by atoms with Gasteiger partial charge in [0.15, 0.2) is 0 Å². The van der Waals surface area contributed by atoms with E-state index in [2.05, 4.69) is 0 Å². The molecular weight excluding hydrogens is 254 g/mol. The summed E-state index contributed by atoms with van der Waals surface area (Å²) in [5.74, 6) is 0.770. The second-order valence-corrected chi connectivity index (χ2v) is 3.43. The fourth-order valence-corrected chi connectivity index (χ4v) is 1.46. The van der Waals surface area contributed by atoms with Crippen LogP contribution in [0.3, 0.4) is 0 Å². The molecule has 1 N–H and O–H groups in total. The number of methoxy groups -OCH3 is 1. The molecule has 102 valence electrons. The summed E-state index contributed by atoms with van der Waals surface area (Å²) in [6, 6.07) is 5.63. The fraction of sp³-hybridized carbons (Fsp3) is 0.462. The summed E-state index contributed by atoms with van der Waals surface area (Å²) in [7, 11) is 1.58. The summed E-state index contributed by atoms with van der Waals surface area (Å²) in [5, 5.41) is 7.80. The summed E-state index contributed by atoms with van der Waals surface area (Å²) in [5.41, 5.74) is 1.67. The Morgan fingerprint density at radius 1 is 1.22 bits per heavy atom. The standard InChI is InChI=1S/C13H19NO3.ClH/c1-4-16-9-10-6-7-12(15-3)11(8-10)13(14)17-5-2;/h6-8,14H,4-5,9H2,1-3H3;1H. The second kappa shape index (κ2) is 8.78. The maximum atomic E-state index is 7.80. The van der Waals surface area contributed by atoms with Crippen LogP contribution < -0.4 is 4.74 Å². The Morgan fingerprint density at radius 3 is 2.50 bits per heavy atom. The molecule has 1 rings (SSSR count). The monoisotopic (exact) mass is 273 g/mol. The molecule has 0 fully saturated rings. The Morgan fingerprint density at radius 2 is 1.94 bits per heavy atom. The summed E-state index contributed by atoms with van der Waals surface area (Å²) < 4.78 is 15.7. The smallest absolute Gasteiger partial charge is 0.217 e. The zero-order chi connectivity index (χ0) is 12.7. The van der Waals surface area contributed by atoms with Gasteiger partial charge in [0.05, 0.1) is 25.9 Å². The topological polar surface area (TPSA) is 51.5 Å². The lowest BCUT2D eigenvalue weighted by atomic mass is 10.1. The first-order valence-electron chi connectivity index (χ1n) is 5.69. The minimum absolute atomic E-state index is 0. The van der Waals surface area contributed by atoms with Crippen LogP contribution in [0.1, 0.15) is 25.0 Å². The second-order valence-electron chi connectivity index (χ2n) is 3.43. The van der Waals surface area contributed by atoms with Crippen LogP contribution in [0, 0.1) is 5.41 Å². The van der Waals surface area contributed by atoms with Gasteiger partial charge < -0.3 is 14.2 Å². The molecule has 0 aliphatic carbocycles. The molecule has 1 aromatic rings. The molecule has 4 nitrogen and oxygen atoms in total. The van der Waals surface area contributed by atoms with Gasteiger partial charge in [0.25, 0.3) is 0 Å². The normalized spacial score (nSPS) is 9.50. The highest BCUT2D eigenvalue weighted by molar-refractivity contribution is 5.94. The maximum Gasteiger partial charge on any atom is 0.217 e. The molecule has 0 spiro atoms. The molecule has 0 atom stereocenters. The molecule has 5 heteroatoms. The zero-order valence-corrected chi connectivity index (χ0v) is 11.8. The third-order valence-electron chi connectivity index (χ3n) is 2.27. The molecule has 0 saturated carbocycles. The Hall–Kier alpha value is -1.26. The van der Waals surface area contributed by atoms with Crippen LogP contribution in [0.2, 0.25) is 0 Å². The van der Waals surface area contributed by atoms with Crippen molar-refractivity contribution in [2.45, 2.75) is 20.5 Å². The van der Waals surface area contributed by atoms with Crippen LogP contribution in [0.25, 0.3) is 0 Å². The van der Waals surface area contributed by atoms with Crippen LogP contribution in [0.4, 0.5) is 0 Å². The van der Waals surface area contributed by atoms with E-state index in [0.29, 0.717) is 31.1 Å². The van der Waals surface area contributed by atoms with Gasteiger partial charge in [0.2, 0.25) is 5.90 Å². The van der Waals surface area contributed by atoms with Gasteiger partial charge in [0.1, 0.15) is 5.75 Å². The van der Waals surface area contributed by atoms with Crippen LogP contribution in [0.15, 0.2) is 18.2 Å². The van der Waals surface area contributed by atoms with Gasteiger partial charge in [-0.2, -0.15) is 0 Å². The molecule has 0 bridgehead atoms. The molecule has 0 heterocycles. The molecule has 0 aliphatic heterocycles. The van der Waals surface area contributed by atoms with Crippen molar-refractivity contribution < 1.29 is 14.2 Å². The first kappa shape index (κ1) is 16.7. The minimum atomic E-state index is 0. The number of ether oxygens (including phenoxy) is 3. The molecule has 0 aliphatic rings. The van der Waals surface area contributed by atoms with Crippen molar-refractivity contribution in [2.24, 2.45) is 0 Å². The lowest BCUT2D eigenvalue weighted by Crippen LogP contribution is -2.07. The van der Waals surface area contributed by atoms with E-state index < -0.39 is 0 Å². The number of hydrogen-bond acceptors (Lipinski definition) is 4. The van der Waals surface area contributed by atoms with Gasteiger partial charge in [-0.25, -0.2) is 0 Å². The van der Waals surface area contributed by atoms with E-state index in [0.717, 1.165) is 5.56 Å². The highest BCUT2D eigenvalue weighted by Gasteiger charge is 2.10. The van der Waals surface area contributed by atoms with Gasteiger partial charge in [0, 0.05) is 6.61 Å². The van der Waals surface area contributed by atoms with Gasteiger partial charge in [-0.1, -0.05) is 6.07 Å². The molecule has 18 heavy (non-hydrogen) atoms. The maximum absolute atomic E-state index is 7.80. The Balaban J connectivity index is 0.00000289. The van der Waals surface area contributed by atoms with Crippen LogP contribution in [-0.4, -0.2) is 26.2 Å². The SMILES string of the molecule is CCOCc1ccc(OC)c(C(=N)OCC)c1.Cl. The largest absolute Gasteiger partial charge is 0.496 e. The number of nitrogens with one attached hydrogen (secondary N) is 1. The molecule has 0 aromatic heterocycles. The van der Waals surface area contributed by atoms with Gasteiger partial charge >= 0.3 is 0 Å². The van der Waals surface area contributed by atoms with E-state index in [1.165, 1.54) is 0 Å². The van der Waals surface area contributed by atoms with Crippen LogP contribution in [-0.2, 0) is 16.1 Å². The van der Waals surface area contributed by atoms with E-state index in [1.807, 2.05) is 32.0 Å². The summed E-state index contributed by atoms with van der Waals surface area (Å²) in [6.45, 7) is 5.48. The van der Waals surface area contributed by atoms with Crippen LogP contribution >= 0.6 is 12.4 Å². The lowest BCUT2D eigenvalue weighted by Gasteiger charge is -2.11. The van der Waals surface area contributed by atoms with Crippen molar-refractivity contribution in [1.82, 2.24) is 0 Å². The third kappa shape index (κ3) is 4.55. The lowest BCUT2D eigenvalue weighted by molar-refractivity contribution is 0.134. The van der Waals surface area contributed by atoms with Crippen LogP contribution in [0.5, 0.6) is 5.75 Å². The van der Waals surface area contributed by atoms with E-state index in [4.69, 9.17) is 19.6 Å². The minimum Gasteiger partial charge on any atom is -0.496 e. The van der Waals surface area contributed by atoms with E-state index in [1.54, 1.807) is 7.11 Å². The first-order valence-corrected chi connectivity index (χ1v) is 5.69. The van der Waals surface area contributed by atoms with E-state index in [-0.39, 0.29) is 18.3 Å². The summed E-state index contributed by atoms with van der Waals surface area (Å²) in [6.07, 6.45) is 0. The van der Waals surface area contributed by atoms with Crippen molar-refractivity contribution in [3.63, 3.8) is 0 Å². The van der Waals surface area contributed by atoms with Crippen molar-refractivity contribution in [3.8, 4) is 5.75 Å². The molecule has 0 radical (unpaired) electrons. The molecular formula is C13H20ClNO3. The first-order chi connectivity index (χ1) is 8.22. The number of halogens is 1. The molecule has 0 saturated heterocycles. The molecule has 0 amide bonds. The quantitative estimate of drug-likeness (QED) is 0.640. The van der Waals surface area contributed by atoms with E-state index >= 15 is 0 Å². The Labute approximate surface area is 114 Å². The fourth-order valence-electron chi connectivity index (χ4n) is 1.46.